The summed E-state index contributed by atoms with van der Waals surface area (Å²) < 4.78 is 1.12. The molecule has 1 aliphatic heterocycles. The Labute approximate surface area is 157 Å². The summed E-state index contributed by atoms with van der Waals surface area (Å²) in [7, 11) is 4.27. The SMILES string of the molecule is CN(C)C1CCN(c2ccc(NC(=O)c3ccc(I)cc3)cc2)C1. The lowest BCUT2D eigenvalue weighted by Crippen LogP contribution is -2.31. The largest absolute Gasteiger partial charge is 0.370 e. The van der Waals surface area contributed by atoms with E-state index in [1.54, 1.807) is 0 Å². The van der Waals surface area contributed by atoms with Gasteiger partial charge in [-0.3, -0.25) is 4.79 Å². The topological polar surface area (TPSA) is 35.6 Å². The lowest BCUT2D eigenvalue weighted by atomic mass is 10.2. The Bertz CT molecular complexity index is 698. The number of amides is 1. The Balaban J connectivity index is 1.62. The molecular formula is C19H22IN3O. The maximum Gasteiger partial charge on any atom is 0.255 e. The number of nitrogens with zero attached hydrogens (tertiary/aromatic N) is 2. The minimum Gasteiger partial charge on any atom is -0.370 e. The van der Waals surface area contributed by atoms with Crippen molar-refractivity contribution in [2.75, 3.05) is 37.4 Å². The van der Waals surface area contributed by atoms with Crippen molar-refractivity contribution in [1.29, 1.82) is 0 Å². The summed E-state index contributed by atoms with van der Waals surface area (Å²) in [4.78, 5) is 16.9. The number of nitrogens with one attached hydrogen (secondary N) is 1. The van der Waals surface area contributed by atoms with Crippen LogP contribution in [0.15, 0.2) is 48.5 Å². The third-order valence-electron chi connectivity index (χ3n) is 4.49. The molecule has 2 aromatic rings. The molecule has 4 nitrogen and oxygen atoms in total. The van der Waals surface area contributed by atoms with Crippen LogP contribution in [0, 0.1) is 3.57 Å². The lowest BCUT2D eigenvalue weighted by Gasteiger charge is -2.22. The Morgan fingerprint density at radius 2 is 1.79 bits per heavy atom. The zero-order valence-electron chi connectivity index (χ0n) is 14.0. The van der Waals surface area contributed by atoms with Crippen LogP contribution in [-0.4, -0.2) is 44.0 Å². The summed E-state index contributed by atoms with van der Waals surface area (Å²) in [5.74, 6) is -0.0759. The normalized spacial score (nSPS) is 17.3. The molecular weight excluding hydrogens is 413 g/mol. The van der Waals surface area contributed by atoms with Crippen LogP contribution >= 0.6 is 22.6 Å². The quantitative estimate of drug-likeness (QED) is 0.745. The number of hydrogen-bond donors (Lipinski definition) is 1. The molecule has 1 N–H and O–H groups in total. The first-order valence-electron chi connectivity index (χ1n) is 8.11. The fraction of sp³-hybridized carbons (Fsp3) is 0.316. The molecule has 1 saturated heterocycles. The predicted octanol–water partition coefficient (Wildman–Crippen LogP) is 3.68. The first-order chi connectivity index (χ1) is 11.5. The van der Waals surface area contributed by atoms with E-state index in [9.17, 15) is 4.79 Å². The molecule has 1 amide bonds. The van der Waals surface area contributed by atoms with Gasteiger partial charge in [-0.15, -0.1) is 0 Å². The highest BCUT2D eigenvalue weighted by Crippen LogP contribution is 2.24. The molecule has 0 aromatic heterocycles. The molecule has 0 bridgehead atoms. The van der Waals surface area contributed by atoms with Crippen LogP contribution in [0.3, 0.4) is 0 Å². The first kappa shape index (κ1) is 17.2. The smallest absolute Gasteiger partial charge is 0.255 e. The van der Waals surface area contributed by atoms with Crippen molar-refractivity contribution in [3.8, 4) is 0 Å². The summed E-state index contributed by atoms with van der Waals surface area (Å²) in [5, 5.41) is 2.95. The molecule has 1 aliphatic rings. The van der Waals surface area contributed by atoms with Crippen LogP contribution < -0.4 is 10.2 Å². The Hall–Kier alpha value is -1.60. The van der Waals surface area contributed by atoms with Crippen molar-refractivity contribution in [2.24, 2.45) is 0 Å². The van der Waals surface area contributed by atoms with Crippen LogP contribution in [-0.2, 0) is 0 Å². The van der Waals surface area contributed by atoms with Gasteiger partial charge < -0.3 is 15.1 Å². The van der Waals surface area contributed by atoms with Gasteiger partial charge >= 0.3 is 0 Å². The Kier molecular flexibility index (Phi) is 5.40. The third-order valence-corrected chi connectivity index (χ3v) is 5.21. The monoisotopic (exact) mass is 435 g/mol. The number of benzene rings is 2. The molecule has 1 heterocycles. The van der Waals surface area contributed by atoms with Crippen LogP contribution in [0.1, 0.15) is 16.8 Å². The molecule has 5 heteroatoms. The van der Waals surface area contributed by atoms with Gasteiger partial charge in [0.15, 0.2) is 0 Å². The van der Waals surface area contributed by atoms with E-state index < -0.39 is 0 Å². The molecule has 0 aliphatic carbocycles. The summed E-state index contributed by atoms with van der Waals surface area (Å²) in [6.07, 6.45) is 1.19. The highest BCUT2D eigenvalue weighted by Gasteiger charge is 2.23. The number of halogens is 1. The van der Waals surface area contributed by atoms with Crippen LogP contribution in [0.2, 0.25) is 0 Å². The fourth-order valence-electron chi connectivity index (χ4n) is 2.96. The second-order valence-corrected chi connectivity index (χ2v) is 7.61. The highest BCUT2D eigenvalue weighted by molar-refractivity contribution is 14.1. The van der Waals surface area contributed by atoms with Crippen molar-refractivity contribution in [1.82, 2.24) is 4.90 Å². The third kappa shape index (κ3) is 4.08. The maximum atomic E-state index is 12.3. The molecule has 2 aromatic carbocycles. The summed E-state index contributed by atoms with van der Waals surface area (Å²) >= 11 is 2.23. The van der Waals surface area contributed by atoms with Gasteiger partial charge in [-0.1, -0.05) is 0 Å². The number of likely N-dealkylation sites (N-methyl/N-ethyl adjacent to an activating group) is 1. The van der Waals surface area contributed by atoms with Crippen molar-refractivity contribution in [3.63, 3.8) is 0 Å². The Morgan fingerprint density at radius 3 is 2.38 bits per heavy atom. The second-order valence-electron chi connectivity index (χ2n) is 6.36. The van der Waals surface area contributed by atoms with Gasteiger partial charge in [-0.2, -0.15) is 0 Å². The second kappa shape index (κ2) is 7.53. The number of anilines is 2. The summed E-state index contributed by atoms with van der Waals surface area (Å²) in [6, 6.07) is 16.3. The van der Waals surface area contributed by atoms with Crippen LogP contribution in [0.25, 0.3) is 0 Å². The molecule has 126 valence electrons. The van der Waals surface area contributed by atoms with Crippen LogP contribution in [0.5, 0.6) is 0 Å². The zero-order chi connectivity index (χ0) is 17.1. The van der Waals surface area contributed by atoms with Crippen molar-refractivity contribution in [2.45, 2.75) is 12.5 Å². The zero-order valence-corrected chi connectivity index (χ0v) is 16.2. The molecule has 0 saturated carbocycles. The van der Waals surface area contributed by atoms with E-state index in [1.165, 1.54) is 12.1 Å². The van der Waals surface area contributed by atoms with E-state index in [1.807, 2.05) is 36.4 Å². The first-order valence-corrected chi connectivity index (χ1v) is 9.19. The van der Waals surface area contributed by atoms with Crippen molar-refractivity contribution < 1.29 is 4.79 Å². The van der Waals surface area contributed by atoms with Gasteiger partial charge in [-0.05, 0) is 91.6 Å². The number of rotatable bonds is 4. The number of carbonyl (C=O) groups excluding carboxylic acids is 1. The van der Waals surface area contributed by atoms with Gasteiger partial charge in [0, 0.05) is 39.6 Å². The molecule has 3 rings (SSSR count). The van der Waals surface area contributed by atoms with E-state index in [0.717, 1.165) is 22.3 Å². The van der Waals surface area contributed by atoms with Gasteiger partial charge in [0.2, 0.25) is 0 Å². The van der Waals surface area contributed by atoms with E-state index in [-0.39, 0.29) is 5.91 Å². The predicted molar refractivity (Wildman–Crippen MR) is 108 cm³/mol. The van der Waals surface area contributed by atoms with E-state index in [2.05, 4.69) is 63.9 Å². The van der Waals surface area contributed by atoms with Gasteiger partial charge in [0.05, 0.1) is 0 Å². The molecule has 0 radical (unpaired) electrons. The summed E-state index contributed by atoms with van der Waals surface area (Å²) in [5.41, 5.74) is 2.71. The van der Waals surface area contributed by atoms with Gasteiger partial charge in [0.25, 0.3) is 5.91 Å². The molecule has 24 heavy (non-hydrogen) atoms. The highest BCUT2D eigenvalue weighted by atomic mass is 127. The molecule has 1 fully saturated rings. The molecule has 0 spiro atoms. The fourth-order valence-corrected chi connectivity index (χ4v) is 3.32. The standard InChI is InChI=1S/C19H22IN3O/c1-22(2)18-11-12-23(13-18)17-9-7-16(8-10-17)21-19(24)14-3-5-15(20)6-4-14/h3-10,18H,11-13H2,1-2H3,(H,21,24). The van der Waals surface area contributed by atoms with Crippen molar-refractivity contribution in [3.05, 3.63) is 57.7 Å². The molecule has 1 atom stereocenters. The minimum absolute atomic E-state index is 0.0759. The molecule has 1 unspecified atom stereocenters. The summed E-state index contributed by atoms with van der Waals surface area (Å²) in [6.45, 7) is 2.14. The maximum absolute atomic E-state index is 12.3. The van der Waals surface area contributed by atoms with Gasteiger partial charge in [-0.25, -0.2) is 0 Å². The van der Waals surface area contributed by atoms with Gasteiger partial charge in [0.1, 0.15) is 0 Å². The average Bonchev–Trinajstić information content (AvgIpc) is 3.06. The van der Waals surface area contributed by atoms with E-state index in [0.29, 0.717) is 11.6 Å². The van der Waals surface area contributed by atoms with E-state index >= 15 is 0 Å². The number of carbonyl (C=O) groups is 1. The van der Waals surface area contributed by atoms with E-state index in [4.69, 9.17) is 0 Å². The lowest BCUT2D eigenvalue weighted by molar-refractivity contribution is 0.102. The Morgan fingerprint density at radius 1 is 1.12 bits per heavy atom. The van der Waals surface area contributed by atoms with Crippen molar-refractivity contribution >= 4 is 39.9 Å². The minimum atomic E-state index is -0.0759. The average molecular weight is 435 g/mol. The number of hydrogen-bond acceptors (Lipinski definition) is 3. The van der Waals surface area contributed by atoms with Crippen LogP contribution in [0.4, 0.5) is 11.4 Å².